The molecule has 1 unspecified atom stereocenters. The van der Waals surface area contributed by atoms with Gasteiger partial charge in [-0.2, -0.15) is 0 Å². The molecule has 0 amide bonds. The molecule has 0 saturated carbocycles. The first-order chi connectivity index (χ1) is 7.00. The minimum Gasteiger partial charge on any atom is -0.298 e. The highest BCUT2D eigenvalue weighted by molar-refractivity contribution is 5.90. The van der Waals surface area contributed by atoms with E-state index in [0.717, 1.165) is 12.0 Å². The van der Waals surface area contributed by atoms with Crippen LogP contribution in [0, 0.1) is 5.92 Å². The van der Waals surface area contributed by atoms with Crippen LogP contribution in [-0.2, 0) is 10.2 Å². The molecular weight excluding hydrogens is 184 g/mol. The van der Waals surface area contributed by atoms with Crippen molar-refractivity contribution in [3.05, 3.63) is 35.9 Å². The van der Waals surface area contributed by atoms with Gasteiger partial charge in [0.1, 0.15) is 5.78 Å². The summed E-state index contributed by atoms with van der Waals surface area (Å²) in [6.45, 7) is 8.09. The van der Waals surface area contributed by atoms with Gasteiger partial charge in [0.15, 0.2) is 0 Å². The second kappa shape index (κ2) is 4.61. The topological polar surface area (TPSA) is 17.1 Å². The number of rotatable bonds is 4. The van der Waals surface area contributed by atoms with E-state index in [4.69, 9.17) is 0 Å². The Morgan fingerprint density at radius 2 is 1.80 bits per heavy atom. The zero-order chi connectivity index (χ0) is 11.5. The molecule has 0 aromatic heterocycles. The second-order valence-electron chi connectivity index (χ2n) is 4.66. The van der Waals surface area contributed by atoms with Gasteiger partial charge in [0.05, 0.1) is 0 Å². The Bertz CT molecular complexity index is 324. The summed E-state index contributed by atoms with van der Waals surface area (Å²) < 4.78 is 0. The molecule has 1 rings (SSSR count). The van der Waals surface area contributed by atoms with Crippen LogP contribution in [0.15, 0.2) is 30.3 Å². The number of benzene rings is 1. The molecule has 0 spiro atoms. The van der Waals surface area contributed by atoms with Crippen molar-refractivity contribution in [1.82, 2.24) is 0 Å². The highest BCUT2D eigenvalue weighted by atomic mass is 16.1. The molecule has 0 heterocycles. The summed E-state index contributed by atoms with van der Waals surface area (Å²) in [6, 6.07) is 10.0. The van der Waals surface area contributed by atoms with Gasteiger partial charge in [-0.05, 0) is 25.8 Å². The fourth-order valence-electron chi connectivity index (χ4n) is 1.80. The number of carbonyl (C=O) groups excluding carboxylic acids is 1. The van der Waals surface area contributed by atoms with Crippen LogP contribution < -0.4 is 0 Å². The average Bonchev–Trinajstić information content (AvgIpc) is 2.28. The summed E-state index contributed by atoms with van der Waals surface area (Å²) >= 11 is 0. The number of carbonyl (C=O) groups is 1. The smallest absolute Gasteiger partial charge is 0.145 e. The van der Waals surface area contributed by atoms with Crippen LogP contribution in [0.4, 0.5) is 0 Å². The van der Waals surface area contributed by atoms with Crippen LogP contribution >= 0.6 is 0 Å². The fraction of sp³-hybridized carbons (Fsp3) is 0.500. The van der Waals surface area contributed by atoms with Crippen LogP contribution in [0.5, 0.6) is 0 Å². The molecule has 15 heavy (non-hydrogen) atoms. The van der Waals surface area contributed by atoms with E-state index in [1.54, 1.807) is 0 Å². The Hall–Kier alpha value is -1.11. The molecule has 0 fully saturated rings. The Balaban J connectivity index is 2.98. The van der Waals surface area contributed by atoms with Gasteiger partial charge >= 0.3 is 0 Å². The number of hydrogen-bond acceptors (Lipinski definition) is 1. The maximum Gasteiger partial charge on any atom is 0.145 e. The van der Waals surface area contributed by atoms with Crippen molar-refractivity contribution in [3.8, 4) is 0 Å². The highest BCUT2D eigenvalue weighted by Crippen LogP contribution is 2.27. The van der Waals surface area contributed by atoms with Crippen LogP contribution in [0.1, 0.15) is 39.7 Å². The van der Waals surface area contributed by atoms with Crippen LogP contribution in [0.3, 0.4) is 0 Å². The summed E-state index contributed by atoms with van der Waals surface area (Å²) in [6.07, 6.45) is 0.912. The SMILES string of the molecule is CCC(C)C(=O)C(C)(C)c1ccccc1. The van der Waals surface area contributed by atoms with Gasteiger partial charge in [0.25, 0.3) is 0 Å². The summed E-state index contributed by atoms with van der Waals surface area (Å²) in [7, 11) is 0. The molecule has 0 radical (unpaired) electrons. The first-order valence-electron chi connectivity index (χ1n) is 5.60. The van der Waals surface area contributed by atoms with E-state index in [2.05, 4.69) is 6.92 Å². The van der Waals surface area contributed by atoms with Crippen molar-refractivity contribution in [1.29, 1.82) is 0 Å². The van der Waals surface area contributed by atoms with Crippen molar-refractivity contribution >= 4 is 5.78 Å². The lowest BCUT2D eigenvalue weighted by atomic mass is 9.76. The maximum absolute atomic E-state index is 12.2. The average molecular weight is 204 g/mol. The predicted octanol–water partition coefficient (Wildman–Crippen LogP) is 3.58. The van der Waals surface area contributed by atoms with E-state index in [-0.39, 0.29) is 11.3 Å². The van der Waals surface area contributed by atoms with E-state index in [1.807, 2.05) is 51.1 Å². The quantitative estimate of drug-likeness (QED) is 0.732. The van der Waals surface area contributed by atoms with Crippen LogP contribution in [0.25, 0.3) is 0 Å². The molecule has 0 N–H and O–H groups in total. The summed E-state index contributed by atoms with van der Waals surface area (Å²) in [5.41, 5.74) is 0.742. The molecule has 1 aromatic carbocycles. The van der Waals surface area contributed by atoms with Gasteiger partial charge in [-0.25, -0.2) is 0 Å². The van der Waals surface area contributed by atoms with Gasteiger partial charge in [0, 0.05) is 11.3 Å². The van der Waals surface area contributed by atoms with Crippen molar-refractivity contribution in [2.24, 2.45) is 5.92 Å². The van der Waals surface area contributed by atoms with Gasteiger partial charge < -0.3 is 0 Å². The van der Waals surface area contributed by atoms with Crippen molar-refractivity contribution in [2.75, 3.05) is 0 Å². The zero-order valence-corrected chi connectivity index (χ0v) is 10.1. The Kier molecular flexibility index (Phi) is 3.67. The molecule has 0 saturated heterocycles. The van der Waals surface area contributed by atoms with E-state index in [0.29, 0.717) is 5.78 Å². The molecule has 0 bridgehead atoms. The lowest BCUT2D eigenvalue weighted by Gasteiger charge is -2.26. The van der Waals surface area contributed by atoms with E-state index < -0.39 is 0 Å². The first-order valence-corrected chi connectivity index (χ1v) is 5.60. The highest BCUT2D eigenvalue weighted by Gasteiger charge is 2.31. The molecule has 1 aromatic rings. The molecule has 0 aliphatic heterocycles. The fourth-order valence-corrected chi connectivity index (χ4v) is 1.80. The molecule has 1 nitrogen and oxygen atoms in total. The Labute approximate surface area is 92.5 Å². The minimum atomic E-state index is -0.364. The summed E-state index contributed by atoms with van der Waals surface area (Å²) in [5, 5.41) is 0. The lowest BCUT2D eigenvalue weighted by molar-refractivity contribution is -0.127. The van der Waals surface area contributed by atoms with Crippen LogP contribution in [-0.4, -0.2) is 5.78 Å². The molecule has 1 atom stereocenters. The third kappa shape index (κ3) is 2.47. The third-order valence-electron chi connectivity index (χ3n) is 3.17. The number of hydrogen-bond donors (Lipinski definition) is 0. The van der Waals surface area contributed by atoms with E-state index in [1.165, 1.54) is 0 Å². The summed E-state index contributed by atoms with van der Waals surface area (Å²) in [5.74, 6) is 0.469. The largest absolute Gasteiger partial charge is 0.298 e. The molecular formula is C14H20O. The molecule has 0 aliphatic rings. The monoisotopic (exact) mass is 204 g/mol. The predicted molar refractivity (Wildman–Crippen MR) is 63.9 cm³/mol. The number of Topliss-reactive ketones (excluding diaryl/α,β-unsaturated/α-hetero) is 1. The maximum atomic E-state index is 12.2. The van der Waals surface area contributed by atoms with Crippen molar-refractivity contribution in [2.45, 2.75) is 39.5 Å². The van der Waals surface area contributed by atoms with E-state index in [9.17, 15) is 4.79 Å². The zero-order valence-electron chi connectivity index (χ0n) is 10.1. The lowest BCUT2D eigenvalue weighted by Crippen LogP contribution is -2.33. The molecule has 82 valence electrons. The van der Waals surface area contributed by atoms with Crippen LogP contribution in [0.2, 0.25) is 0 Å². The van der Waals surface area contributed by atoms with Gasteiger partial charge in [-0.15, -0.1) is 0 Å². The first kappa shape index (κ1) is 12.0. The third-order valence-corrected chi connectivity index (χ3v) is 3.17. The standard InChI is InChI=1S/C14H20O/c1-5-11(2)13(15)14(3,4)12-9-7-6-8-10-12/h6-11H,5H2,1-4H3. The van der Waals surface area contributed by atoms with Crippen molar-refractivity contribution < 1.29 is 4.79 Å². The van der Waals surface area contributed by atoms with Crippen molar-refractivity contribution in [3.63, 3.8) is 0 Å². The van der Waals surface area contributed by atoms with E-state index >= 15 is 0 Å². The normalized spacial score (nSPS) is 13.6. The van der Waals surface area contributed by atoms with Gasteiger partial charge in [0.2, 0.25) is 0 Å². The Morgan fingerprint density at radius 3 is 2.27 bits per heavy atom. The molecule has 1 heteroatoms. The Morgan fingerprint density at radius 1 is 1.27 bits per heavy atom. The van der Waals surface area contributed by atoms with Gasteiger partial charge in [-0.3, -0.25) is 4.79 Å². The minimum absolute atomic E-state index is 0.139. The molecule has 0 aliphatic carbocycles. The second-order valence-corrected chi connectivity index (χ2v) is 4.66. The summed E-state index contributed by atoms with van der Waals surface area (Å²) in [4.78, 5) is 12.2. The van der Waals surface area contributed by atoms with Gasteiger partial charge in [-0.1, -0.05) is 44.2 Å². The number of ketones is 1.